The molecule has 2 N–H and O–H groups in total. The standard InChI is InChI=1S/C22H29N5O/c1-2-3-4-5-10-24-20-16-21(27-12-14-28-15-13-27)26-22(25-20)18-7-6-8-19-17(18)9-11-23-19/h6-9,11,16,23H,2-5,10,12-15H2,1H3,(H,24,25,26). The van der Waals surface area contributed by atoms with Crippen molar-refractivity contribution in [2.45, 2.75) is 32.6 Å². The molecule has 6 nitrogen and oxygen atoms in total. The van der Waals surface area contributed by atoms with Gasteiger partial charge in [-0.2, -0.15) is 0 Å². The third-order valence-corrected chi connectivity index (χ3v) is 5.22. The molecule has 4 rings (SSSR count). The van der Waals surface area contributed by atoms with Crippen molar-refractivity contribution in [2.75, 3.05) is 43.1 Å². The Kier molecular flexibility index (Phi) is 6.07. The largest absolute Gasteiger partial charge is 0.378 e. The van der Waals surface area contributed by atoms with Crippen LogP contribution in [0.4, 0.5) is 11.6 Å². The summed E-state index contributed by atoms with van der Waals surface area (Å²) in [5.74, 6) is 2.64. The second-order valence-electron chi connectivity index (χ2n) is 7.27. The number of rotatable bonds is 8. The first-order chi connectivity index (χ1) is 13.8. The predicted molar refractivity (Wildman–Crippen MR) is 115 cm³/mol. The Morgan fingerprint density at radius 1 is 1.11 bits per heavy atom. The number of nitrogens with one attached hydrogen (secondary N) is 2. The van der Waals surface area contributed by atoms with Gasteiger partial charge in [-0.25, -0.2) is 9.97 Å². The van der Waals surface area contributed by atoms with E-state index in [1.54, 1.807) is 0 Å². The molecule has 3 heterocycles. The molecule has 1 fully saturated rings. The van der Waals surface area contributed by atoms with Crippen LogP contribution < -0.4 is 10.2 Å². The smallest absolute Gasteiger partial charge is 0.164 e. The van der Waals surface area contributed by atoms with E-state index in [2.05, 4.69) is 52.5 Å². The molecule has 0 spiro atoms. The summed E-state index contributed by atoms with van der Waals surface area (Å²) in [4.78, 5) is 15.3. The molecule has 1 aliphatic heterocycles. The maximum Gasteiger partial charge on any atom is 0.164 e. The molecule has 6 heteroatoms. The molecule has 1 aromatic carbocycles. The van der Waals surface area contributed by atoms with Crippen LogP contribution in [-0.2, 0) is 4.74 Å². The average molecular weight is 380 g/mol. The summed E-state index contributed by atoms with van der Waals surface area (Å²) in [5.41, 5.74) is 2.16. The van der Waals surface area contributed by atoms with E-state index in [1.807, 2.05) is 6.20 Å². The molecule has 0 radical (unpaired) electrons. The third kappa shape index (κ3) is 4.28. The Hall–Kier alpha value is -2.60. The number of morpholine rings is 1. The zero-order chi connectivity index (χ0) is 19.2. The quantitative estimate of drug-likeness (QED) is 0.566. The second-order valence-corrected chi connectivity index (χ2v) is 7.27. The molecule has 148 valence electrons. The van der Waals surface area contributed by atoms with Gasteiger partial charge in [-0.1, -0.05) is 38.3 Å². The van der Waals surface area contributed by atoms with Crippen LogP contribution in [0.2, 0.25) is 0 Å². The summed E-state index contributed by atoms with van der Waals surface area (Å²) in [7, 11) is 0. The summed E-state index contributed by atoms with van der Waals surface area (Å²) < 4.78 is 5.51. The molecule has 1 aliphatic rings. The Bertz CT molecular complexity index is 901. The average Bonchev–Trinajstić information content (AvgIpc) is 3.23. The van der Waals surface area contributed by atoms with Crippen LogP contribution in [-0.4, -0.2) is 47.8 Å². The van der Waals surface area contributed by atoms with Gasteiger partial charge in [0.1, 0.15) is 11.6 Å². The zero-order valence-electron chi connectivity index (χ0n) is 16.6. The van der Waals surface area contributed by atoms with E-state index in [9.17, 15) is 0 Å². The number of benzene rings is 1. The number of hydrogen-bond acceptors (Lipinski definition) is 5. The van der Waals surface area contributed by atoms with E-state index in [0.29, 0.717) is 0 Å². The third-order valence-electron chi connectivity index (χ3n) is 5.22. The topological polar surface area (TPSA) is 66.1 Å². The van der Waals surface area contributed by atoms with Crippen molar-refractivity contribution in [1.29, 1.82) is 0 Å². The summed E-state index contributed by atoms with van der Waals surface area (Å²) in [6.45, 7) is 6.38. The number of aromatic nitrogens is 3. The van der Waals surface area contributed by atoms with Crippen LogP contribution in [0, 0.1) is 0 Å². The lowest BCUT2D eigenvalue weighted by Gasteiger charge is -2.28. The number of anilines is 2. The maximum atomic E-state index is 5.51. The maximum absolute atomic E-state index is 5.51. The van der Waals surface area contributed by atoms with Gasteiger partial charge in [-0.3, -0.25) is 0 Å². The fourth-order valence-corrected chi connectivity index (χ4v) is 3.65. The Morgan fingerprint density at radius 3 is 2.86 bits per heavy atom. The normalized spacial score (nSPS) is 14.5. The number of aromatic amines is 1. The van der Waals surface area contributed by atoms with Crippen molar-refractivity contribution in [1.82, 2.24) is 15.0 Å². The molecule has 0 bridgehead atoms. The minimum atomic E-state index is 0.743. The van der Waals surface area contributed by atoms with Gasteiger partial charge in [0.15, 0.2) is 5.82 Å². The zero-order valence-corrected chi connectivity index (χ0v) is 16.6. The number of ether oxygens (including phenoxy) is 1. The van der Waals surface area contributed by atoms with Crippen LogP contribution in [0.5, 0.6) is 0 Å². The molecule has 0 amide bonds. The van der Waals surface area contributed by atoms with Crippen molar-refractivity contribution >= 4 is 22.5 Å². The number of unbranched alkanes of at least 4 members (excludes halogenated alkanes) is 3. The van der Waals surface area contributed by atoms with E-state index in [-0.39, 0.29) is 0 Å². The molecule has 1 saturated heterocycles. The summed E-state index contributed by atoms with van der Waals surface area (Å²) in [6, 6.07) is 10.4. The fraction of sp³-hybridized carbons (Fsp3) is 0.455. The highest BCUT2D eigenvalue weighted by Crippen LogP contribution is 2.29. The van der Waals surface area contributed by atoms with E-state index < -0.39 is 0 Å². The number of nitrogens with zero attached hydrogens (tertiary/aromatic N) is 3. The summed E-state index contributed by atoms with van der Waals surface area (Å²) in [6.07, 6.45) is 6.91. The van der Waals surface area contributed by atoms with Crippen LogP contribution >= 0.6 is 0 Å². The van der Waals surface area contributed by atoms with E-state index >= 15 is 0 Å². The van der Waals surface area contributed by atoms with Crippen molar-refractivity contribution in [3.8, 4) is 11.4 Å². The van der Waals surface area contributed by atoms with Gasteiger partial charge in [0.05, 0.1) is 13.2 Å². The Labute approximate surface area is 166 Å². The SMILES string of the molecule is CCCCCCNc1cc(N2CCOCC2)nc(-c2cccc3[nH]ccc23)n1. The van der Waals surface area contributed by atoms with Gasteiger partial charge in [0.2, 0.25) is 0 Å². The monoisotopic (exact) mass is 379 g/mol. The van der Waals surface area contributed by atoms with E-state index in [4.69, 9.17) is 14.7 Å². The highest BCUT2D eigenvalue weighted by atomic mass is 16.5. The van der Waals surface area contributed by atoms with Gasteiger partial charge >= 0.3 is 0 Å². The number of H-pyrrole nitrogens is 1. The van der Waals surface area contributed by atoms with Crippen LogP contribution in [0.3, 0.4) is 0 Å². The van der Waals surface area contributed by atoms with E-state index in [1.165, 1.54) is 19.3 Å². The Balaban J connectivity index is 1.64. The predicted octanol–water partition coefficient (Wildman–Crippen LogP) is 4.45. The van der Waals surface area contributed by atoms with Crippen LogP contribution in [0.25, 0.3) is 22.3 Å². The number of hydrogen-bond donors (Lipinski definition) is 2. The lowest BCUT2D eigenvalue weighted by molar-refractivity contribution is 0.122. The first kappa shape index (κ1) is 18.7. The molecule has 0 aliphatic carbocycles. The highest BCUT2D eigenvalue weighted by molar-refractivity contribution is 5.93. The van der Waals surface area contributed by atoms with Gasteiger partial charge in [0, 0.05) is 48.4 Å². The highest BCUT2D eigenvalue weighted by Gasteiger charge is 2.17. The van der Waals surface area contributed by atoms with Crippen LogP contribution in [0.15, 0.2) is 36.5 Å². The molecule has 28 heavy (non-hydrogen) atoms. The van der Waals surface area contributed by atoms with Gasteiger partial charge in [-0.15, -0.1) is 0 Å². The summed E-state index contributed by atoms with van der Waals surface area (Å²) in [5, 5.41) is 4.67. The van der Waals surface area contributed by atoms with Crippen molar-refractivity contribution < 1.29 is 4.74 Å². The minimum Gasteiger partial charge on any atom is -0.378 e. The summed E-state index contributed by atoms with van der Waals surface area (Å²) >= 11 is 0. The Morgan fingerprint density at radius 2 is 2.00 bits per heavy atom. The van der Waals surface area contributed by atoms with Gasteiger partial charge in [0.25, 0.3) is 0 Å². The molecule has 0 unspecified atom stereocenters. The van der Waals surface area contributed by atoms with Crippen molar-refractivity contribution in [3.63, 3.8) is 0 Å². The van der Waals surface area contributed by atoms with Crippen molar-refractivity contribution in [2.24, 2.45) is 0 Å². The van der Waals surface area contributed by atoms with Gasteiger partial charge in [-0.05, 0) is 18.6 Å². The molecule has 2 aromatic heterocycles. The first-order valence-corrected chi connectivity index (χ1v) is 10.4. The van der Waals surface area contributed by atoms with E-state index in [0.717, 1.165) is 73.2 Å². The second kappa shape index (κ2) is 9.06. The molecular formula is C22H29N5O. The molecule has 0 saturated carbocycles. The fourth-order valence-electron chi connectivity index (χ4n) is 3.65. The molecular weight excluding hydrogens is 350 g/mol. The molecule has 0 atom stereocenters. The van der Waals surface area contributed by atoms with Crippen LogP contribution in [0.1, 0.15) is 32.6 Å². The lowest BCUT2D eigenvalue weighted by atomic mass is 10.1. The molecule has 3 aromatic rings. The van der Waals surface area contributed by atoms with Crippen molar-refractivity contribution in [3.05, 3.63) is 36.5 Å². The number of fused-ring (bicyclic) bond motifs is 1. The minimum absolute atomic E-state index is 0.743. The van der Waals surface area contributed by atoms with Gasteiger partial charge < -0.3 is 19.9 Å². The lowest BCUT2D eigenvalue weighted by Crippen LogP contribution is -2.36. The first-order valence-electron chi connectivity index (χ1n) is 10.4.